The highest BCUT2D eigenvalue weighted by molar-refractivity contribution is 6.23. The Morgan fingerprint density at radius 1 is 0.366 bits per heavy atom. The van der Waals surface area contributed by atoms with Crippen molar-refractivity contribution in [1.29, 1.82) is 0 Å². The minimum atomic E-state index is 0.358. The van der Waals surface area contributed by atoms with Crippen LogP contribution in [0.4, 0.5) is 0 Å². The van der Waals surface area contributed by atoms with Crippen molar-refractivity contribution >= 4 is 43.6 Å². The lowest BCUT2D eigenvalue weighted by Crippen LogP contribution is -1.99. The molecule has 3 heterocycles. The molecule has 0 amide bonds. The van der Waals surface area contributed by atoms with Gasteiger partial charge in [0.25, 0.3) is 0 Å². The van der Waals surface area contributed by atoms with Crippen LogP contribution in [-0.2, 0) is 0 Å². The van der Waals surface area contributed by atoms with Crippen LogP contribution in [0.3, 0.4) is 0 Å². The molecule has 2 atom stereocenters. The SMILES string of the molecule is c1ccc(C2N[C@H]2c2ccc(-n3c4ccccc4c4ccc5c6ccccc6n(-c6ccccc6)c5c43)cc2)cc1. The molecule has 6 aromatic carbocycles. The number of nitrogens with zero attached hydrogens (tertiary/aromatic N) is 2. The second-order valence-electron chi connectivity index (χ2n) is 11.0. The van der Waals surface area contributed by atoms with Gasteiger partial charge in [-0.2, -0.15) is 0 Å². The smallest absolute Gasteiger partial charge is 0.0788 e. The maximum absolute atomic E-state index is 3.67. The quantitative estimate of drug-likeness (QED) is 0.228. The van der Waals surface area contributed by atoms with E-state index in [0.29, 0.717) is 12.1 Å². The lowest BCUT2D eigenvalue weighted by Gasteiger charge is -2.13. The number of aromatic nitrogens is 2. The zero-order valence-corrected chi connectivity index (χ0v) is 22.4. The lowest BCUT2D eigenvalue weighted by molar-refractivity contribution is 1.02. The standard InChI is InChI=1S/C38H27N3/c1-3-11-25(12-4-1)35-36(39-35)26-19-21-28(22-20-26)41-34-18-10-8-16-30(34)32-24-23-31-29-15-7-9-17-33(29)40(37(31)38(32)41)27-13-5-2-6-14-27/h1-24,35-36,39H/t35?,36-/m0/s1. The molecule has 41 heavy (non-hydrogen) atoms. The Morgan fingerprint density at radius 3 is 1.37 bits per heavy atom. The fourth-order valence-electron chi connectivity index (χ4n) is 6.82. The molecule has 0 spiro atoms. The molecule has 1 N–H and O–H groups in total. The van der Waals surface area contributed by atoms with E-state index in [1.54, 1.807) is 0 Å². The normalized spacial score (nSPS) is 16.7. The van der Waals surface area contributed by atoms with E-state index in [1.807, 2.05) is 0 Å². The third-order valence-corrected chi connectivity index (χ3v) is 8.74. The van der Waals surface area contributed by atoms with Crippen molar-refractivity contribution in [2.45, 2.75) is 12.1 Å². The number of rotatable bonds is 4. The zero-order chi connectivity index (χ0) is 26.9. The van der Waals surface area contributed by atoms with Gasteiger partial charge < -0.3 is 9.13 Å². The fourth-order valence-corrected chi connectivity index (χ4v) is 6.82. The maximum atomic E-state index is 3.67. The molecule has 3 heteroatoms. The van der Waals surface area contributed by atoms with E-state index in [4.69, 9.17) is 0 Å². The summed E-state index contributed by atoms with van der Waals surface area (Å²) in [7, 11) is 0. The summed E-state index contributed by atoms with van der Waals surface area (Å²) in [5.41, 5.74) is 9.94. The second-order valence-corrected chi connectivity index (χ2v) is 11.0. The summed E-state index contributed by atoms with van der Waals surface area (Å²) in [6, 6.07) is 53.6. The molecule has 0 radical (unpaired) electrons. The number of fused-ring (bicyclic) bond motifs is 7. The first kappa shape index (κ1) is 22.7. The van der Waals surface area contributed by atoms with Gasteiger partial charge in [0.2, 0.25) is 0 Å². The highest BCUT2D eigenvalue weighted by atomic mass is 15.1. The van der Waals surface area contributed by atoms with Crippen molar-refractivity contribution in [1.82, 2.24) is 14.5 Å². The molecule has 0 bridgehead atoms. The summed E-state index contributed by atoms with van der Waals surface area (Å²) < 4.78 is 4.90. The summed E-state index contributed by atoms with van der Waals surface area (Å²) in [5, 5.41) is 8.75. The molecule has 0 aliphatic carbocycles. The van der Waals surface area contributed by atoms with Gasteiger partial charge in [-0.05, 0) is 47.5 Å². The molecule has 194 valence electrons. The second kappa shape index (κ2) is 8.69. The van der Waals surface area contributed by atoms with Gasteiger partial charge in [-0.1, -0.05) is 109 Å². The molecule has 1 aliphatic heterocycles. The van der Waals surface area contributed by atoms with Crippen molar-refractivity contribution in [2.24, 2.45) is 0 Å². The van der Waals surface area contributed by atoms with Crippen molar-refractivity contribution < 1.29 is 0 Å². The first-order chi connectivity index (χ1) is 20.4. The van der Waals surface area contributed by atoms with E-state index in [-0.39, 0.29) is 0 Å². The van der Waals surface area contributed by atoms with E-state index in [0.717, 1.165) is 0 Å². The van der Waals surface area contributed by atoms with Gasteiger partial charge in [-0.25, -0.2) is 0 Å². The molecule has 8 aromatic rings. The molecule has 0 saturated carbocycles. The molecule has 3 nitrogen and oxygen atoms in total. The third kappa shape index (κ3) is 3.36. The minimum Gasteiger partial charge on any atom is -0.307 e. The van der Waals surface area contributed by atoms with Gasteiger partial charge in [0.1, 0.15) is 0 Å². The van der Waals surface area contributed by atoms with Crippen LogP contribution in [0.1, 0.15) is 23.2 Å². The topological polar surface area (TPSA) is 31.8 Å². The summed E-state index contributed by atoms with van der Waals surface area (Å²) >= 11 is 0. The molecular formula is C38H27N3. The summed E-state index contributed by atoms with van der Waals surface area (Å²) in [4.78, 5) is 0. The van der Waals surface area contributed by atoms with Crippen LogP contribution in [-0.4, -0.2) is 9.13 Å². The number of benzene rings is 6. The van der Waals surface area contributed by atoms with E-state index >= 15 is 0 Å². The van der Waals surface area contributed by atoms with E-state index < -0.39 is 0 Å². The average Bonchev–Trinajstić information content (AvgIpc) is 3.68. The summed E-state index contributed by atoms with van der Waals surface area (Å²) in [5.74, 6) is 0. The van der Waals surface area contributed by atoms with E-state index in [9.17, 15) is 0 Å². The van der Waals surface area contributed by atoms with Crippen molar-refractivity contribution in [3.8, 4) is 11.4 Å². The van der Waals surface area contributed by atoms with Gasteiger partial charge >= 0.3 is 0 Å². The third-order valence-electron chi connectivity index (χ3n) is 8.74. The Morgan fingerprint density at radius 2 is 0.805 bits per heavy atom. The number of para-hydroxylation sites is 3. The Labute approximate surface area is 237 Å². The van der Waals surface area contributed by atoms with Crippen LogP contribution in [0.15, 0.2) is 146 Å². The molecule has 1 saturated heterocycles. The van der Waals surface area contributed by atoms with Crippen molar-refractivity contribution in [3.05, 3.63) is 157 Å². The average molecular weight is 526 g/mol. The minimum absolute atomic E-state index is 0.358. The molecule has 2 aromatic heterocycles. The fraction of sp³-hybridized carbons (Fsp3) is 0.0526. The van der Waals surface area contributed by atoms with Gasteiger partial charge in [-0.15, -0.1) is 0 Å². The highest BCUT2D eigenvalue weighted by Crippen LogP contribution is 2.44. The van der Waals surface area contributed by atoms with Gasteiger partial charge in [-0.3, -0.25) is 5.32 Å². The van der Waals surface area contributed by atoms with Crippen LogP contribution in [0.5, 0.6) is 0 Å². The monoisotopic (exact) mass is 525 g/mol. The van der Waals surface area contributed by atoms with Gasteiger partial charge in [0.05, 0.1) is 34.2 Å². The van der Waals surface area contributed by atoms with E-state index in [2.05, 4.69) is 160 Å². The van der Waals surface area contributed by atoms with Crippen molar-refractivity contribution in [3.63, 3.8) is 0 Å². The zero-order valence-electron chi connectivity index (χ0n) is 22.4. The Bertz CT molecular complexity index is 2220. The van der Waals surface area contributed by atoms with Crippen LogP contribution >= 0.6 is 0 Å². The largest absolute Gasteiger partial charge is 0.307 e. The van der Waals surface area contributed by atoms with Gasteiger partial charge in [0, 0.05) is 32.9 Å². The van der Waals surface area contributed by atoms with E-state index in [1.165, 1.54) is 66.1 Å². The van der Waals surface area contributed by atoms with Crippen LogP contribution in [0.25, 0.3) is 55.0 Å². The van der Waals surface area contributed by atoms with Crippen LogP contribution in [0.2, 0.25) is 0 Å². The molecule has 1 fully saturated rings. The highest BCUT2D eigenvalue weighted by Gasteiger charge is 2.38. The van der Waals surface area contributed by atoms with Gasteiger partial charge in [0.15, 0.2) is 0 Å². The molecular weight excluding hydrogens is 498 g/mol. The van der Waals surface area contributed by atoms with Crippen LogP contribution in [0, 0.1) is 0 Å². The summed E-state index contributed by atoms with van der Waals surface area (Å²) in [6.07, 6.45) is 0. The van der Waals surface area contributed by atoms with Crippen molar-refractivity contribution in [2.75, 3.05) is 0 Å². The number of nitrogens with one attached hydrogen (secondary N) is 1. The lowest BCUT2D eigenvalue weighted by atomic mass is 10.0. The Balaban J connectivity index is 1.31. The first-order valence-corrected chi connectivity index (χ1v) is 14.3. The molecule has 1 unspecified atom stereocenters. The predicted octanol–water partition coefficient (Wildman–Crippen LogP) is 9.27. The number of hydrogen-bond donors (Lipinski definition) is 1. The van der Waals surface area contributed by atoms with Crippen LogP contribution < -0.4 is 5.32 Å². The summed E-state index contributed by atoms with van der Waals surface area (Å²) in [6.45, 7) is 0. The molecule has 1 aliphatic rings. The maximum Gasteiger partial charge on any atom is 0.0788 e. The molecule has 9 rings (SSSR count). The Kier molecular flexibility index (Phi) is 4.80. The first-order valence-electron chi connectivity index (χ1n) is 14.3. The number of hydrogen-bond acceptors (Lipinski definition) is 1. The predicted molar refractivity (Wildman–Crippen MR) is 170 cm³/mol. The Hall–Kier alpha value is -5.12.